The standard InChI is InChI=1S/C23H34N2/c1-4-5-10-23(24)16-19(3)25-17-22-15-18(2)11-13-21(22)14-12-20-8-6-7-9-20/h4,11,13,15-16,20H,1,5-10,12,14,17,24H2,2-3H3. The molecule has 0 bridgehead atoms. The largest absolute Gasteiger partial charge is 0.402 e. The summed E-state index contributed by atoms with van der Waals surface area (Å²) in [6.45, 7) is 8.68. The van der Waals surface area contributed by atoms with Gasteiger partial charge in [-0.2, -0.15) is 0 Å². The Morgan fingerprint density at radius 1 is 1.28 bits per heavy atom. The van der Waals surface area contributed by atoms with E-state index in [-0.39, 0.29) is 0 Å². The fraction of sp³-hybridized carbons (Fsp3) is 0.522. The van der Waals surface area contributed by atoms with Gasteiger partial charge in [0.2, 0.25) is 0 Å². The highest BCUT2D eigenvalue weighted by Crippen LogP contribution is 2.29. The maximum atomic E-state index is 6.03. The lowest BCUT2D eigenvalue weighted by Crippen LogP contribution is -2.02. The Hall–Kier alpha value is -1.83. The molecule has 0 amide bonds. The van der Waals surface area contributed by atoms with Gasteiger partial charge < -0.3 is 5.73 Å². The van der Waals surface area contributed by atoms with E-state index < -0.39 is 0 Å². The van der Waals surface area contributed by atoms with Crippen molar-refractivity contribution in [2.45, 2.75) is 71.8 Å². The molecule has 1 aliphatic rings. The lowest BCUT2D eigenvalue weighted by Gasteiger charge is -2.12. The summed E-state index contributed by atoms with van der Waals surface area (Å²) < 4.78 is 0. The smallest absolute Gasteiger partial charge is 0.0645 e. The van der Waals surface area contributed by atoms with Gasteiger partial charge in [-0.25, -0.2) is 0 Å². The Kier molecular flexibility index (Phi) is 7.97. The van der Waals surface area contributed by atoms with Gasteiger partial charge in [0.1, 0.15) is 0 Å². The van der Waals surface area contributed by atoms with Crippen molar-refractivity contribution in [3.63, 3.8) is 0 Å². The highest BCUT2D eigenvalue weighted by atomic mass is 14.7. The molecule has 1 aliphatic carbocycles. The molecular weight excluding hydrogens is 304 g/mol. The molecule has 0 aliphatic heterocycles. The number of rotatable bonds is 9. The summed E-state index contributed by atoms with van der Waals surface area (Å²) in [5.74, 6) is 0.937. The van der Waals surface area contributed by atoms with E-state index in [0.717, 1.165) is 36.7 Å². The maximum Gasteiger partial charge on any atom is 0.0645 e. The number of hydrogen-bond donors (Lipinski definition) is 1. The molecule has 136 valence electrons. The van der Waals surface area contributed by atoms with Crippen LogP contribution in [0.15, 0.2) is 47.6 Å². The Morgan fingerprint density at radius 2 is 2.04 bits per heavy atom. The fourth-order valence-corrected chi connectivity index (χ4v) is 3.67. The molecule has 0 unspecified atom stereocenters. The summed E-state index contributed by atoms with van der Waals surface area (Å²) >= 11 is 0. The van der Waals surface area contributed by atoms with Crippen molar-refractivity contribution >= 4 is 5.71 Å². The Balaban J connectivity index is 2.00. The van der Waals surface area contributed by atoms with E-state index in [4.69, 9.17) is 10.7 Å². The van der Waals surface area contributed by atoms with Crippen molar-refractivity contribution in [2.24, 2.45) is 16.6 Å². The topological polar surface area (TPSA) is 38.4 Å². The second kappa shape index (κ2) is 10.2. The number of aryl methyl sites for hydroxylation is 2. The molecule has 25 heavy (non-hydrogen) atoms. The van der Waals surface area contributed by atoms with Gasteiger partial charge in [-0.15, -0.1) is 6.58 Å². The van der Waals surface area contributed by atoms with Crippen LogP contribution in [0.2, 0.25) is 0 Å². The van der Waals surface area contributed by atoms with E-state index in [0.29, 0.717) is 0 Å². The Labute approximate surface area is 153 Å². The molecule has 1 fully saturated rings. The van der Waals surface area contributed by atoms with Crippen LogP contribution in [0.4, 0.5) is 0 Å². The first-order valence-corrected chi connectivity index (χ1v) is 9.75. The summed E-state index contributed by atoms with van der Waals surface area (Å²) in [5, 5.41) is 0. The second-order valence-corrected chi connectivity index (χ2v) is 7.47. The van der Waals surface area contributed by atoms with E-state index in [1.54, 1.807) is 0 Å². The molecule has 2 nitrogen and oxygen atoms in total. The van der Waals surface area contributed by atoms with Crippen LogP contribution in [0.1, 0.15) is 68.6 Å². The van der Waals surface area contributed by atoms with Gasteiger partial charge in [-0.1, -0.05) is 55.5 Å². The van der Waals surface area contributed by atoms with Crippen molar-refractivity contribution in [1.82, 2.24) is 0 Å². The fourth-order valence-electron chi connectivity index (χ4n) is 3.67. The number of nitrogens with two attached hydrogens (primary N) is 1. The van der Waals surface area contributed by atoms with Crippen LogP contribution < -0.4 is 5.73 Å². The monoisotopic (exact) mass is 338 g/mol. The third-order valence-corrected chi connectivity index (χ3v) is 5.19. The van der Waals surface area contributed by atoms with Crippen LogP contribution in [0, 0.1) is 12.8 Å². The van der Waals surface area contributed by atoms with Gasteiger partial charge in [0.25, 0.3) is 0 Å². The number of hydrogen-bond acceptors (Lipinski definition) is 2. The normalized spacial score (nSPS) is 16.4. The average Bonchev–Trinajstić information content (AvgIpc) is 3.10. The molecule has 1 saturated carbocycles. The van der Waals surface area contributed by atoms with Gasteiger partial charge in [0, 0.05) is 11.4 Å². The zero-order valence-electron chi connectivity index (χ0n) is 16.1. The van der Waals surface area contributed by atoms with Gasteiger partial charge in [-0.3, -0.25) is 4.99 Å². The quantitative estimate of drug-likeness (QED) is 0.442. The zero-order chi connectivity index (χ0) is 18.1. The highest BCUT2D eigenvalue weighted by molar-refractivity contribution is 5.93. The predicted molar refractivity (Wildman–Crippen MR) is 110 cm³/mol. The summed E-state index contributed by atoms with van der Waals surface area (Å²) in [5.41, 5.74) is 12.1. The molecule has 2 rings (SSSR count). The molecule has 0 saturated heterocycles. The maximum absolute atomic E-state index is 6.03. The van der Waals surface area contributed by atoms with Crippen molar-refractivity contribution in [3.05, 3.63) is 59.3 Å². The molecule has 0 radical (unpaired) electrons. The van der Waals surface area contributed by atoms with Crippen LogP contribution >= 0.6 is 0 Å². The van der Waals surface area contributed by atoms with Gasteiger partial charge >= 0.3 is 0 Å². The minimum atomic E-state index is 0.749. The van der Waals surface area contributed by atoms with Crippen molar-refractivity contribution in [2.75, 3.05) is 0 Å². The third-order valence-electron chi connectivity index (χ3n) is 5.19. The van der Waals surface area contributed by atoms with Gasteiger partial charge in [0.15, 0.2) is 0 Å². The van der Waals surface area contributed by atoms with Crippen molar-refractivity contribution in [1.29, 1.82) is 0 Å². The number of benzene rings is 1. The summed E-state index contributed by atoms with van der Waals surface area (Å²) in [4.78, 5) is 4.76. The van der Waals surface area contributed by atoms with E-state index >= 15 is 0 Å². The number of aliphatic imine (C=N–C) groups is 1. The van der Waals surface area contributed by atoms with Crippen LogP contribution in [0.5, 0.6) is 0 Å². The first-order valence-electron chi connectivity index (χ1n) is 9.75. The lowest BCUT2D eigenvalue weighted by molar-refractivity contribution is 0.503. The molecular formula is C23H34N2. The van der Waals surface area contributed by atoms with Crippen molar-refractivity contribution < 1.29 is 0 Å². The summed E-state index contributed by atoms with van der Waals surface area (Å²) in [7, 11) is 0. The Bertz CT molecular complexity index is 619. The molecule has 0 aromatic heterocycles. The zero-order valence-corrected chi connectivity index (χ0v) is 16.1. The van der Waals surface area contributed by atoms with Crippen molar-refractivity contribution in [3.8, 4) is 0 Å². The van der Waals surface area contributed by atoms with Gasteiger partial charge in [-0.05, 0) is 62.7 Å². The van der Waals surface area contributed by atoms with E-state index in [2.05, 4.69) is 31.7 Å². The Morgan fingerprint density at radius 3 is 2.76 bits per heavy atom. The minimum absolute atomic E-state index is 0.749. The first-order chi connectivity index (χ1) is 12.1. The molecule has 0 atom stereocenters. The van der Waals surface area contributed by atoms with Crippen LogP contribution in [0.3, 0.4) is 0 Å². The molecule has 1 aromatic rings. The lowest BCUT2D eigenvalue weighted by atomic mass is 9.94. The van der Waals surface area contributed by atoms with E-state index in [9.17, 15) is 0 Å². The van der Waals surface area contributed by atoms with Crippen LogP contribution in [-0.4, -0.2) is 5.71 Å². The average molecular weight is 339 g/mol. The first kappa shape index (κ1) is 19.5. The number of allylic oxidation sites excluding steroid dienone is 3. The third kappa shape index (κ3) is 6.89. The SMILES string of the molecule is C=CCCC(N)=CC(C)=NCc1cc(C)ccc1CCC1CCCC1. The summed E-state index contributed by atoms with van der Waals surface area (Å²) in [6, 6.07) is 6.83. The number of nitrogens with zero attached hydrogens (tertiary/aromatic N) is 1. The van der Waals surface area contributed by atoms with Crippen LogP contribution in [-0.2, 0) is 13.0 Å². The van der Waals surface area contributed by atoms with E-state index in [1.165, 1.54) is 55.2 Å². The molecule has 0 heterocycles. The molecule has 0 spiro atoms. The molecule has 2 heteroatoms. The molecule has 2 N–H and O–H groups in total. The van der Waals surface area contributed by atoms with E-state index in [1.807, 2.05) is 19.1 Å². The predicted octanol–water partition coefficient (Wildman–Crippen LogP) is 5.89. The minimum Gasteiger partial charge on any atom is -0.402 e. The van der Waals surface area contributed by atoms with Crippen LogP contribution in [0.25, 0.3) is 0 Å². The highest BCUT2D eigenvalue weighted by Gasteiger charge is 2.15. The molecule has 1 aromatic carbocycles. The summed E-state index contributed by atoms with van der Waals surface area (Å²) in [6.07, 6.45) is 13.9. The van der Waals surface area contributed by atoms with Gasteiger partial charge in [0.05, 0.1) is 6.54 Å². The second-order valence-electron chi connectivity index (χ2n) is 7.47.